The third-order valence-electron chi connectivity index (χ3n) is 4.56. The van der Waals surface area contributed by atoms with Gasteiger partial charge in [-0.2, -0.15) is 0 Å². The fraction of sp³-hybridized carbons (Fsp3) is 0.471. The molecule has 104 valence electrons. The van der Waals surface area contributed by atoms with Gasteiger partial charge in [0.1, 0.15) is 0 Å². The molecule has 0 aromatic heterocycles. The van der Waals surface area contributed by atoms with Gasteiger partial charge in [-0.15, -0.1) is 0 Å². The van der Waals surface area contributed by atoms with Crippen molar-refractivity contribution in [3.8, 4) is 11.8 Å². The first-order valence-corrected chi connectivity index (χ1v) is 7.30. The highest BCUT2D eigenvalue weighted by atomic mass is 16.2. The summed E-state index contributed by atoms with van der Waals surface area (Å²) in [5.74, 6) is 6.81. The zero-order valence-corrected chi connectivity index (χ0v) is 11.9. The molecule has 1 amide bonds. The van der Waals surface area contributed by atoms with Gasteiger partial charge in [-0.05, 0) is 49.8 Å². The van der Waals surface area contributed by atoms with Crippen molar-refractivity contribution in [2.75, 3.05) is 13.1 Å². The molecule has 2 bridgehead atoms. The quantitative estimate of drug-likeness (QED) is 0.791. The fourth-order valence-corrected chi connectivity index (χ4v) is 3.48. The number of nitrogens with zero attached hydrogens (tertiary/aromatic N) is 1. The number of hydrogen-bond acceptors (Lipinski definition) is 2. The van der Waals surface area contributed by atoms with Crippen LogP contribution in [0.2, 0.25) is 0 Å². The normalized spacial score (nSPS) is 23.6. The number of hydrogen-bond donors (Lipinski definition) is 1. The topological polar surface area (TPSA) is 46.3 Å². The summed E-state index contributed by atoms with van der Waals surface area (Å²) in [5.41, 5.74) is 8.09. The van der Waals surface area contributed by atoms with E-state index >= 15 is 0 Å². The molecule has 2 fully saturated rings. The minimum Gasteiger partial charge on any atom is -0.335 e. The van der Waals surface area contributed by atoms with E-state index in [0.717, 1.165) is 29.2 Å². The van der Waals surface area contributed by atoms with Crippen molar-refractivity contribution >= 4 is 5.91 Å². The first kappa shape index (κ1) is 13.2. The van der Waals surface area contributed by atoms with Crippen molar-refractivity contribution in [3.63, 3.8) is 0 Å². The first-order valence-electron chi connectivity index (χ1n) is 7.30. The van der Waals surface area contributed by atoms with Crippen molar-refractivity contribution in [3.05, 3.63) is 34.9 Å². The van der Waals surface area contributed by atoms with E-state index in [2.05, 4.69) is 16.7 Å². The van der Waals surface area contributed by atoms with Crippen LogP contribution in [0, 0.1) is 24.7 Å². The van der Waals surface area contributed by atoms with E-state index in [1.165, 1.54) is 19.3 Å². The largest absolute Gasteiger partial charge is 0.335 e. The Morgan fingerprint density at radius 3 is 2.95 bits per heavy atom. The molecule has 1 saturated carbocycles. The van der Waals surface area contributed by atoms with E-state index in [1.54, 1.807) is 0 Å². The number of amides is 1. The highest BCUT2D eigenvalue weighted by molar-refractivity contribution is 5.96. The number of benzene rings is 1. The average Bonchev–Trinajstić information content (AvgIpc) is 3.08. The van der Waals surface area contributed by atoms with Gasteiger partial charge in [-0.3, -0.25) is 4.79 Å². The molecule has 20 heavy (non-hydrogen) atoms. The smallest absolute Gasteiger partial charge is 0.254 e. The van der Waals surface area contributed by atoms with Crippen LogP contribution in [-0.2, 0) is 0 Å². The molecule has 3 nitrogen and oxygen atoms in total. The third-order valence-corrected chi connectivity index (χ3v) is 4.56. The molecule has 1 aromatic rings. The van der Waals surface area contributed by atoms with E-state index in [9.17, 15) is 4.79 Å². The van der Waals surface area contributed by atoms with Gasteiger partial charge < -0.3 is 10.6 Å². The molecule has 0 spiro atoms. The number of rotatable bonds is 1. The molecule has 1 aromatic carbocycles. The molecule has 1 aliphatic carbocycles. The summed E-state index contributed by atoms with van der Waals surface area (Å²) in [6.07, 6.45) is 3.65. The van der Waals surface area contributed by atoms with Crippen LogP contribution in [0.25, 0.3) is 0 Å². The summed E-state index contributed by atoms with van der Waals surface area (Å²) in [7, 11) is 0. The van der Waals surface area contributed by atoms with Crippen molar-refractivity contribution in [2.24, 2.45) is 11.7 Å². The molecule has 1 aliphatic heterocycles. The van der Waals surface area contributed by atoms with Crippen molar-refractivity contribution < 1.29 is 4.79 Å². The minimum absolute atomic E-state index is 0.172. The number of fused-ring (bicyclic) bond motifs is 2. The molecule has 2 aliphatic rings. The first-order chi connectivity index (χ1) is 9.70. The minimum atomic E-state index is 0.172. The van der Waals surface area contributed by atoms with Gasteiger partial charge in [0.2, 0.25) is 0 Å². The van der Waals surface area contributed by atoms with E-state index in [1.807, 2.05) is 25.1 Å². The zero-order valence-electron chi connectivity index (χ0n) is 11.9. The summed E-state index contributed by atoms with van der Waals surface area (Å²) in [5, 5.41) is 0. The fourth-order valence-electron chi connectivity index (χ4n) is 3.48. The van der Waals surface area contributed by atoms with Crippen LogP contribution < -0.4 is 5.73 Å². The van der Waals surface area contributed by atoms with Crippen LogP contribution in [0.15, 0.2) is 18.2 Å². The lowest BCUT2D eigenvalue weighted by atomic mass is 10.0. The lowest BCUT2D eigenvalue weighted by Gasteiger charge is -2.27. The summed E-state index contributed by atoms with van der Waals surface area (Å²) >= 11 is 0. The lowest BCUT2D eigenvalue weighted by molar-refractivity contribution is 0.0703. The maximum atomic E-state index is 12.7. The molecular weight excluding hydrogens is 248 g/mol. The van der Waals surface area contributed by atoms with Crippen LogP contribution in [0.1, 0.15) is 40.7 Å². The van der Waals surface area contributed by atoms with E-state index in [-0.39, 0.29) is 5.91 Å². The number of nitrogens with two attached hydrogens (primary N) is 1. The standard InChI is InChI=1S/C17H20N2O/c1-12-14(5-3-9-18)4-2-6-16(12)17(20)19-11-13-7-8-15(19)10-13/h2,4,6,13,15H,7-11,18H2,1H3. The Balaban J connectivity index is 1.88. The Kier molecular flexibility index (Phi) is 3.50. The highest BCUT2D eigenvalue weighted by Crippen LogP contribution is 2.38. The molecule has 1 heterocycles. The predicted octanol–water partition coefficient (Wildman–Crippen LogP) is 1.93. The average molecular weight is 268 g/mol. The molecular formula is C17H20N2O. The zero-order chi connectivity index (χ0) is 14.1. The second kappa shape index (κ2) is 5.30. The lowest BCUT2D eigenvalue weighted by Crippen LogP contribution is -2.38. The van der Waals surface area contributed by atoms with Gasteiger partial charge in [0.15, 0.2) is 0 Å². The maximum Gasteiger partial charge on any atom is 0.254 e. The van der Waals surface area contributed by atoms with Crippen LogP contribution in [0.5, 0.6) is 0 Å². The summed E-state index contributed by atoms with van der Waals surface area (Å²) in [6.45, 7) is 3.25. The molecule has 1 saturated heterocycles. The van der Waals surface area contributed by atoms with Crippen LogP contribution in [0.3, 0.4) is 0 Å². The number of carbonyl (C=O) groups is 1. The van der Waals surface area contributed by atoms with Gasteiger partial charge >= 0.3 is 0 Å². The van der Waals surface area contributed by atoms with E-state index < -0.39 is 0 Å². The van der Waals surface area contributed by atoms with Crippen molar-refractivity contribution in [1.82, 2.24) is 4.90 Å². The Bertz CT molecular complexity index is 597. The second-order valence-corrected chi connectivity index (χ2v) is 5.77. The summed E-state index contributed by atoms with van der Waals surface area (Å²) < 4.78 is 0. The maximum absolute atomic E-state index is 12.7. The molecule has 3 heteroatoms. The van der Waals surface area contributed by atoms with Gasteiger partial charge in [-0.25, -0.2) is 0 Å². The summed E-state index contributed by atoms with van der Waals surface area (Å²) in [4.78, 5) is 14.8. The number of likely N-dealkylation sites (tertiary alicyclic amines) is 1. The van der Waals surface area contributed by atoms with E-state index in [0.29, 0.717) is 12.6 Å². The van der Waals surface area contributed by atoms with Crippen molar-refractivity contribution in [2.45, 2.75) is 32.2 Å². The third kappa shape index (κ3) is 2.21. The molecule has 0 radical (unpaired) electrons. The van der Waals surface area contributed by atoms with Gasteiger partial charge in [-0.1, -0.05) is 17.9 Å². The predicted molar refractivity (Wildman–Crippen MR) is 79.3 cm³/mol. The van der Waals surface area contributed by atoms with E-state index in [4.69, 9.17) is 5.73 Å². The number of carbonyl (C=O) groups excluding carboxylic acids is 1. The molecule has 2 atom stereocenters. The Labute approximate surface area is 120 Å². The molecule has 3 rings (SSSR count). The molecule has 2 N–H and O–H groups in total. The Morgan fingerprint density at radius 1 is 1.45 bits per heavy atom. The highest BCUT2D eigenvalue weighted by Gasteiger charge is 2.40. The van der Waals surface area contributed by atoms with Gasteiger partial charge in [0, 0.05) is 23.7 Å². The van der Waals surface area contributed by atoms with Crippen molar-refractivity contribution in [1.29, 1.82) is 0 Å². The second-order valence-electron chi connectivity index (χ2n) is 5.77. The van der Waals surface area contributed by atoms with Gasteiger partial charge in [0.05, 0.1) is 6.54 Å². The van der Waals surface area contributed by atoms with Crippen LogP contribution in [-0.4, -0.2) is 29.9 Å². The van der Waals surface area contributed by atoms with Crippen LogP contribution >= 0.6 is 0 Å². The monoisotopic (exact) mass is 268 g/mol. The Hall–Kier alpha value is -1.79. The van der Waals surface area contributed by atoms with Gasteiger partial charge in [0.25, 0.3) is 5.91 Å². The molecule has 2 unspecified atom stereocenters. The summed E-state index contributed by atoms with van der Waals surface area (Å²) in [6, 6.07) is 6.24. The number of piperidine rings is 1. The SMILES string of the molecule is Cc1c(C#CCN)cccc1C(=O)N1CC2CCC1C2. The van der Waals surface area contributed by atoms with Crippen LogP contribution in [0.4, 0.5) is 0 Å². The Morgan fingerprint density at radius 2 is 2.30 bits per heavy atom.